The molecule has 0 fully saturated rings. The standard InChI is InChI=1S/C41H29N5/c1-26-14-15-31-20-21-34-35(23-27(2)44-40(34)39(31)43-26)29-18-16-28(17-19-29)32-11-8-12-33(24-32)41-45-37(30-9-4-3-5-10-30)25-38(46-41)36-13-6-7-22-42-36/h3-25H,1-2H3. The van der Waals surface area contributed by atoms with Gasteiger partial charge in [0, 0.05) is 39.5 Å². The van der Waals surface area contributed by atoms with E-state index < -0.39 is 0 Å². The molecule has 0 bridgehead atoms. The summed E-state index contributed by atoms with van der Waals surface area (Å²) in [5.74, 6) is 0.662. The van der Waals surface area contributed by atoms with E-state index in [9.17, 15) is 0 Å². The molecule has 0 saturated heterocycles. The molecule has 0 atom stereocenters. The number of pyridine rings is 3. The quantitative estimate of drug-likeness (QED) is 0.186. The van der Waals surface area contributed by atoms with Crippen LogP contribution < -0.4 is 0 Å². The van der Waals surface area contributed by atoms with Gasteiger partial charge >= 0.3 is 0 Å². The molecular weight excluding hydrogens is 562 g/mol. The molecular formula is C41H29N5. The van der Waals surface area contributed by atoms with Crippen molar-refractivity contribution in [3.8, 4) is 56.3 Å². The van der Waals surface area contributed by atoms with E-state index in [-0.39, 0.29) is 0 Å². The Morgan fingerprint density at radius 1 is 0.413 bits per heavy atom. The zero-order valence-corrected chi connectivity index (χ0v) is 25.5. The van der Waals surface area contributed by atoms with E-state index in [1.54, 1.807) is 6.20 Å². The van der Waals surface area contributed by atoms with Crippen molar-refractivity contribution < 1.29 is 0 Å². The molecule has 8 aromatic rings. The van der Waals surface area contributed by atoms with Crippen LogP contribution >= 0.6 is 0 Å². The largest absolute Gasteiger partial charge is 0.255 e. The topological polar surface area (TPSA) is 64.5 Å². The molecule has 4 aromatic heterocycles. The molecule has 8 rings (SSSR count). The van der Waals surface area contributed by atoms with Gasteiger partial charge < -0.3 is 0 Å². The zero-order chi connectivity index (χ0) is 31.0. The summed E-state index contributed by atoms with van der Waals surface area (Å²) in [7, 11) is 0. The Kier molecular flexibility index (Phi) is 6.84. The minimum Gasteiger partial charge on any atom is -0.255 e. The molecule has 0 unspecified atom stereocenters. The van der Waals surface area contributed by atoms with Crippen molar-refractivity contribution >= 4 is 21.8 Å². The number of aryl methyl sites for hydroxylation is 2. The molecule has 0 aliphatic carbocycles. The van der Waals surface area contributed by atoms with E-state index in [1.807, 2.05) is 62.4 Å². The first-order valence-corrected chi connectivity index (χ1v) is 15.3. The van der Waals surface area contributed by atoms with E-state index in [2.05, 4.69) is 89.9 Å². The molecule has 0 saturated carbocycles. The van der Waals surface area contributed by atoms with Crippen molar-refractivity contribution in [2.24, 2.45) is 0 Å². The molecule has 46 heavy (non-hydrogen) atoms. The van der Waals surface area contributed by atoms with Crippen molar-refractivity contribution in [1.29, 1.82) is 0 Å². The first-order chi connectivity index (χ1) is 22.6. The lowest BCUT2D eigenvalue weighted by Crippen LogP contribution is -1.97. The van der Waals surface area contributed by atoms with Crippen LogP contribution in [0.3, 0.4) is 0 Å². The molecule has 4 heterocycles. The average Bonchev–Trinajstić information content (AvgIpc) is 3.12. The lowest BCUT2D eigenvalue weighted by Gasteiger charge is -2.12. The second-order valence-corrected chi connectivity index (χ2v) is 11.5. The van der Waals surface area contributed by atoms with Crippen molar-refractivity contribution in [3.63, 3.8) is 0 Å². The van der Waals surface area contributed by atoms with E-state index in [4.69, 9.17) is 19.9 Å². The summed E-state index contributed by atoms with van der Waals surface area (Å²) < 4.78 is 0. The van der Waals surface area contributed by atoms with Gasteiger partial charge in [-0.25, -0.2) is 9.97 Å². The fourth-order valence-corrected chi connectivity index (χ4v) is 5.99. The maximum absolute atomic E-state index is 5.00. The Labute approximate surface area is 267 Å². The van der Waals surface area contributed by atoms with Crippen molar-refractivity contribution in [2.75, 3.05) is 0 Å². The van der Waals surface area contributed by atoms with Gasteiger partial charge in [0.2, 0.25) is 0 Å². The van der Waals surface area contributed by atoms with Crippen LogP contribution in [0.15, 0.2) is 140 Å². The lowest BCUT2D eigenvalue weighted by atomic mass is 9.96. The Morgan fingerprint density at radius 3 is 1.96 bits per heavy atom. The number of aromatic nitrogens is 5. The average molecular weight is 592 g/mol. The highest BCUT2D eigenvalue weighted by molar-refractivity contribution is 6.08. The van der Waals surface area contributed by atoms with Crippen LogP contribution in [0.25, 0.3) is 78.1 Å². The predicted molar refractivity (Wildman–Crippen MR) is 187 cm³/mol. The first kappa shape index (κ1) is 27.5. The van der Waals surface area contributed by atoms with Crippen molar-refractivity contribution in [1.82, 2.24) is 24.9 Å². The minimum atomic E-state index is 0.662. The second kappa shape index (κ2) is 11.5. The molecule has 5 nitrogen and oxygen atoms in total. The van der Waals surface area contributed by atoms with E-state index in [1.165, 1.54) is 0 Å². The van der Waals surface area contributed by atoms with Gasteiger partial charge in [-0.3, -0.25) is 15.0 Å². The van der Waals surface area contributed by atoms with Gasteiger partial charge in [0.15, 0.2) is 5.82 Å². The fraction of sp³-hybridized carbons (Fsp3) is 0.0488. The Hall–Kier alpha value is -6.07. The van der Waals surface area contributed by atoms with Crippen LogP contribution in [0.5, 0.6) is 0 Å². The summed E-state index contributed by atoms with van der Waals surface area (Å²) in [6.07, 6.45) is 1.79. The summed E-state index contributed by atoms with van der Waals surface area (Å²) in [6, 6.07) is 45.9. The third kappa shape index (κ3) is 5.18. The molecule has 5 heteroatoms. The summed E-state index contributed by atoms with van der Waals surface area (Å²) in [6.45, 7) is 4.07. The number of hydrogen-bond donors (Lipinski definition) is 0. The van der Waals surface area contributed by atoms with Crippen LogP contribution in [0.2, 0.25) is 0 Å². The summed E-state index contributed by atoms with van der Waals surface area (Å²) in [5, 5.41) is 2.20. The molecule has 218 valence electrons. The second-order valence-electron chi connectivity index (χ2n) is 11.5. The number of rotatable bonds is 5. The highest BCUT2D eigenvalue weighted by Gasteiger charge is 2.14. The third-order valence-electron chi connectivity index (χ3n) is 8.28. The normalized spacial score (nSPS) is 11.3. The van der Waals surface area contributed by atoms with Gasteiger partial charge in [-0.15, -0.1) is 0 Å². The molecule has 0 N–H and O–H groups in total. The summed E-state index contributed by atoms with van der Waals surface area (Å²) in [4.78, 5) is 24.3. The fourth-order valence-electron chi connectivity index (χ4n) is 5.99. The van der Waals surface area contributed by atoms with Gasteiger partial charge in [0.25, 0.3) is 0 Å². The number of fused-ring (bicyclic) bond motifs is 3. The van der Waals surface area contributed by atoms with Crippen LogP contribution in [-0.2, 0) is 0 Å². The van der Waals surface area contributed by atoms with Gasteiger partial charge in [-0.2, -0.15) is 0 Å². The third-order valence-corrected chi connectivity index (χ3v) is 8.28. The van der Waals surface area contributed by atoms with E-state index in [0.29, 0.717) is 5.82 Å². The van der Waals surface area contributed by atoms with Crippen LogP contribution in [0.1, 0.15) is 11.4 Å². The Bertz CT molecular complexity index is 2310. The first-order valence-electron chi connectivity index (χ1n) is 15.3. The lowest BCUT2D eigenvalue weighted by molar-refractivity contribution is 1.16. The predicted octanol–water partition coefficient (Wildman–Crippen LogP) is 9.92. The van der Waals surface area contributed by atoms with Crippen molar-refractivity contribution in [2.45, 2.75) is 13.8 Å². The van der Waals surface area contributed by atoms with Crippen LogP contribution in [0.4, 0.5) is 0 Å². The van der Waals surface area contributed by atoms with Crippen LogP contribution in [0, 0.1) is 13.8 Å². The molecule has 4 aromatic carbocycles. The smallest absolute Gasteiger partial charge is 0.160 e. The maximum Gasteiger partial charge on any atom is 0.160 e. The number of nitrogens with zero attached hydrogens (tertiary/aromatic N) is 5. The molecule has 0 aliphatic rings. The molecule has 0 aliphatic heterocycles. The van der Waals surface area contributed by atoms with Crippen LogP contribution in [-0.4, -0.2) is 24.9 Å². The highest BCUT2D eigenvalue weighted by Crippen LogP contribution is 2.34. The maximum atomic E-state index is 5.00. The Morgan fingerprint density at radius 2 is 1.13 bits per heavy atom. The monoisotopic (exact) mass is 591 g/mol. The summed E-state index contributed by atoms with van der Waals surface area (Å²) in [5.41, 5.74) is 12.8. The van der Waals surface area contributed by atoms with Gasteiger partial charge in [0.05, 0.1) is 28.1 Å². The molecule has 0 radical (unpaired) electrons. The van der Waals surface area contributed by atoms with Gasteiger partial charge in [-0.1, -0.05) is 97.1 Å². The zero-order valence-electron chi connectivity index (χ0n) is 25.5. The van der Waals surface area contributed by atoms with Gasteiger partial charge in [-0.05, 0) is 72.5 Å². The Balaban J connectivity index is 1.18. The SMILES string of the molecule is Cc1ccc2ccc3c(-c4ccc(-c5cccc(-c6nc(-c7ccccc7)cc(-c7ccccn7)n6)c5)cc4)cc(C)nc3c2n1. The molecule has 0 amide bonds. The minimum absolute atomic E-state index is 0.662. The van der Waals surface area contributed by atoms with E-state index in [0.717, 1.165) is 83.7 Å². The van der Waals surface area contributed by atoms with E-state index >= 15 is 0 Å². The van der Waals surface area contributed by atoms with Gasteiger partial charge in [0.1, 0.15) is 0 Å². The molecule has 0 spiro atoms. The highest BCUT2D eigenvalue weighted by atomic mass is 14.9. The van der Waals surface area contributed by atoms with Crippen molar-refractivity contribution in [3.05, 3.63) is 151 Å². The summed E-state index contributed by atoms with van der Waals surface area (Å²) >= 11 is 0. The number of benzene rings is 4. The number of hydrogen-bond acceptors (Lipinski definition) is 5.